The van der Waals surface area contributed by atoms with Crippen molar-refractivity contribution < 1.29 is 9.47 Å². The smallest absolute Gasteiger partial charge is 0.0717 e. The van der Waals surface area contributed by atoms with Crippen molar-refractivity contribution in [2.24, 2.45) is 5.92 Å². The minimum absolute atomic E-state index is 0.430. The molecule has 0 saturated heterocycles. The molecule has 1 aromatic carbocycles. The van der Waals surface area contributed by atoms with E-state index < -0.39 is 0 Å². The van der Waals surface area contributed by atoms with Crippen LogP contribution in [0.15, 0.2) is 30.3 Å². The summed E-state index contributed by atoms with van der Waals surface area (Å²) >= 11 is 0. The maximum Gasteiger partial charge on any atom is 0.0717 e. The van der Waals surface area contributed by atoms with Gasteiger partial charge in [0.1, 0.15) is 0 Å². The molecule has 1 aromatic rings. The quantitative estimate of drug-likeness (QED) is 0.282. The molecule has 0 aromatic heterocycles. The molecule has 1 aliphatic carbocycles. The van der Waals surface area contributed by atoms with Crippen LogP contribution in [0.4, 0.5) is 0 Å². The molecule has 2 atom stereocenters. The molecule has 1 aliphatic rings. The maximum atomic E-state index is 6.21. The third-order valence-electron chi connectivity index (χ3n) is 5.86. The molecule has 0 spiro atoms. The Labute approximate surface area is 168 Å². The molecule has 0 amide bonds. The predicted molar refractivity (Wildman–Crippen MR) is 115 cm³/mol. The van der Waals surface area contributed by atoms with E-state index in [1.165, 1.54) is 89.0 Å². The number of ether oxygens (including phenoxy) is 2. The predicted octanol–water partition coefficient (Wildman–Crippen LogP) is 7.31. The van der Waals surface area contributed by atoms with Gasteiger partial charge in [-0.2, -0.15) is 0 Å². The van der Waals surface area contributed by atoms with Gasteiger partial charge in [0.05, 0.1) is 19.3 Å². The van der Waals surface area contributed by atoms with Crippen LogP contribution in [0, 0.1) is 5.92 Å². The number of rotatable bonds is 16. The largest absolute Gasteiger partial charge is 0.378 e. The highest BCUT2D eigenvalue weighted by Gasteiger charge is 2.27. The fourth-order valence-corrected chi connectivity index (χ4v) is 4.14. The molecule has 27 heavy (non-hydrogen) atoms. The van der Waals surface area contributed by atoms with E-state index in [-0.39, 0.29) is 0 Å². The Morgan fingerprint density at radius 2 is 1.48 bits per heavy atom. The number of hydrogen-bond acceptors (Lipinski definition) is 2. The van der Waals surface area contributed by atoms with E-state index in [0.717, 1.165) is 19.8 Å². The fraction of sp³-hybridized carbons (Fsp3) is 0.760. The monoisotopic (exact) mass is 374 g/mol. The lowest BCUT2D eigenvalue weighted by Gasteiger charge is -2.20. The summed E-state index contributed by atoms with van der Waals surface area (Å²) in [4.78, 5) is 0. The summed E-state index contributed by atoms with van der Waals surface area (Å²) in [5.41, 5.74) is 1.26. The molecule has 2 nitrogen and oxygen atoms in total. The van der Waals surface area contributed by atoms with Crippen molar-refractivity contribution in [2.75, 3.05) is 13.2 Å². The Morgan fingerprint density at radius 1 is 0.815 bits per heavy atom. The summed E-state index contributed by atoms with van der Waals surface area (Å²) in [6, 6.07) is 10.5. The molecule has 2 heteroatoms. The van der Waals surface area contributed by atoms with E-state index in [4.69, 9.17) is 9.47 Å². The van der Waals surface area contributed by atoms with E-state index in [9.17, 15) is 0 Å². The molecule has 0 bridgehead atoms. The van der Waals surface area contributed by atoms with Crippen LogP contribution >= 0.6 is 0 Å². The van der Waals surface area contributed by atoms with Gasteiger partial charge in [-0.1, -0.05) is 101 Å². The van der Waals surface area contributed by atoms with Gasteiger partial charge >= 0.3 is 0 Å². The zero-order chi connectivity index (χ0) is 19.0. The van der Waals surface area contributed by atoms with Crippen molar-refractivity contribution in [3.05, 3.63) is 35.9 Å². The van der Waals surface area contributed by atoms with Gasteiger partial charge in [-0.3, -0.25) is 0 Å². The normalized spacial score (nSPS) is 19.6. The van der Waals surface area contributed by atoms with Gasteiger partial charge in [-0.25, -0.2) is 0 Å². The van der Waals surface area contributed by atoms with E-state index in [1.54, 1.807) is 0 Å². The van der Waals surface area contributed by atoms with Gasteiger partial charge in [0.25, 0.3) is 0 Å². The van der Waals surface area contributed by atoms with E-state index in [1.807, 2.05) is 0 Å². The van der Waals surface area contributed by atoms with Gasteiger partial charge < -0.3 is 9.47 Å². The molecule has 2 rings (SSSR count). The van der Waals surface area contributed by atoms with E-state index >= 15 is 0 Å². The second-order valence-corrected chi connectivity index (χ2v) is 8.28. The van der Waals surface area contributed by atoms with Crippen LogP contribution in [0.1, 0.15) is 96.0 Å². The van der Waals surface area contributed by atoms with Gasteiger partial charge in [0.2, 0.25) is 0 Å². The average Bonchev–Trinajstić information content (AvgIpc) is 3.14. The highest BCUT2D eigenvalue weighted by atomic mass is 16.5. The lowest BCUT2D eigenvalue weighted by Crippen LogP contribution is -2.23. The van der Waals surface area contributed by atoms with Crippen molar-refractivity contribution in [1.29, 1.82) is 0 Å². The number of hydrogen-bond donors (Lipinski definition) is 0. The highest BCUT2D eigenvalue weighted by Crippen LogP contribution is 2.29. The summed E-state index contributed by atoms with van der Waals surface area (Å²) in [6.07, 6.45) is 18.0. The molecular weight excluding hydrogens is 332 g/mol. The van der Waals surface area contributed by atoms with Gasteiger partial charge in [0.15, 0.2) is 0 Å². The average molecular weight is 375 g/mol. The molecule has 0 N–H and O–H groups in total. The number of unbranched alkanes of at least 4 members (excludes halogenated alkanes) is 9. The van der Waals surface area contributed by atoms with Crippen molar-refractivity contribution in [2.45, 2.75) is 103 Å². The van der Waals surface area contributed by atoms with E-state index in [0.29, 0.717) is 12.0 Å². The van der Waals surface area contributed by atoms with Crippen LogP contribution in [0.5, 0.6) is 0 Å². The van der Waals surface area contributed by atoms with Crippen LogP contribution in [0.2, 0.25) is 0 Å². The maximum absolute atomic E-state index is 6.21. The Hall–Kier alpha value is -0.860. The second kappa shape index (κ2) is 15.1. The van der Waals surface area contributed by atoms with E-state index in [2.05, 4.69) is 37.3 Å². The first-order valence-corrected chi connectivity index (χ1v) is 11.6. The van der Waals surface area contributed by atoms with Crippen molar-refractivity contribution in [3.63, 3.8) is 0 Å². The summed E-state index contributed by atoms with van der Waals surface area (Å²) in [5, 5.41) is 0. The van der Waals surface area contributed by atoms with Crippen molar-refractivity contribution in [1.82, 2.24) is 0 Å². The molecule has 0 aliphatic heterocycles. The zero-order valence-corrected chi connectivity index (χ0v) is 17.7. The summed E-state index contributed by atoms with van der Waals surface area (Å²) in [6.45, 7) is 4.80. The highest BCUT2D eigenvalue weighted by molar-refractivity contribution is 5.13. The molecule has 1 fully saturated rings. The van der Waals surface area contributed by atoms with Gasteiger partial charge in [-0.05, 0) is 24.8 Å². The van der Waals surface area contributed by atoms with Crippen molar-refractivity contribution in [3.8, 4) is 0 Å². The standard InChI is InChI=1S/C25H42O2/c1-2-3-4-5-6-7-8-9-10-14-20-27-25-19-15-18-24(25)22-26-21-23-16-12-11-13-17-23/h11-13,16-17,24-25H,2-10,14-15,18-22H2,1H3/t24-,25-/m0/s1. The van der Waals surface area contributed by atoms with Crippen LogP contribution in [-0.4, -0.2) is 19.3 Å². The minimum Gasteiger partial charge on any atom is -0.378 e. The first kappa shape index (κ1) is 22.4. The summed E-state index contributed by atoms with van der Waals surface area (Å²) < 4.78 is 12.2. The first-order valence-electron chi connectivity index (χ1n) is 11.6. The lowest BCUT2D eigenvalue weighted by molar-refractivity contribution is -0.0119. The molecule has 154 valence electrons. The third-order valence-corrected chi connectivity index (χ3v) is 5.86. The van der Waals surface area contributed by atoms with Crippen molar-refractivity contribution >= 4 is 0 Å². The van der Waals surface area contributed by atoms with Gasteiger partial charge in [0, 0.05) is 12.5 Å². The Kier molecular flexibility index (Phi) is 12.6. The lowest BCUT2D eigenvalue weighted by atomic mass is 10.1. The third kappa shape index (κ3) is 10.3. The first-order chi connectivity index (χ1) is 13.4. The molecule has 0 heterocycles. The van der Waals surface area contributed by atoms with Gasteiger partial charge in [-0.15, -0.1) is 0 Å². The summed E-state index contributed by atoms with van der Waals surface area (Å²) in [7, 11) is 0. The number of benzene rings is 1. The Bertz CT molecular complexity index is 445. The van der Waals surface area contributed by atoms with Crippen LogP contribution in [-0.2, 0) is 16.1 Å². The fourth-order valence-electron chi connectivity index (χ4n) is 4.14. The molecule has 0 radical (unpaired) electrons. The van der Waals surface area contributed by atoms with Crippen LogP contribution < -0.4 is 0 Å². The second-order valence-electron chi connectivity index (χ2n) is 8.28. The SMILES string of the molecule is CCCCCCCCCCCCO[C@H]1CCC[C@H]1COCc1ccccc1. The topological polar surface area (TPSA) is 18.5 Å². The van der Waals surface area contributed by atoms with Crippen LogP contribution in [0.3, 0.4) is 0 Å². The molecule has 0 unspecified atom stereocenters. The summed E-state index contributed by atoms with van der Waals surface area (Å²) in [5.74, 6) is 0.594. The Morgan fingerprint density at radius 3 is 2.19 bits per heavy atom. The zero-order valence-electron chi connectivity index (χ0n) is 17.7. The minimum atomic E-state index is 0.430. The Balaban J connectivity index is 1.43. The molecule has 1 saturated carbocycles. The van der Waals surface area contributed by atoms with Crippen LogP contribution in [0.25, 0.3) is 0 Å². The molecular formula is C25H42O2.